The Morgan fingerprint density at radius 1 is 1.24 bits per heavy atom. The van der Waals surface area contributed by atoms with Crippen molar-refractivity contribution in [2.24, 2.45) is 0 Å². The summed E-state index contributed by atoms with van der Waals surface area (Å²) in [5.41, 5.74) is -0.396. The van der Waals surface area contributed by atoms with Crippen LogP contribution in [-0.4, -0.2) is 92.8 Å². The predicted molar refractivity (Wildman–Crippen MR) is 121 cm³/mol. The molecule has 1 fully saturated rings. The monoisotopic (exact) mass is 461 g/mol. The van der Waals surface area contributed by atoms with Crippen LogP contribution in [0.2, 0.25) is 0 Å². The van der Waals surface area contributed by atoms with Crippen molar-refractivity contribution < 1.29 is 18.7 Å². The van der Waals surface area contributed by atoms with Gasteiger partial charge in [0.05, 0.1) is 13.2 Å². The van der Waals surface area contributed by atoms with Gasteiger partial charge in [-0.3, -0.25) is 14.5 Å². The number of carbonyl (C=O) groups is 2. The Bertz CT molecular complexity index is 927. The predicted octanol–water partition coefficient (Wildman–Crippen LogP) is 1.10. The topological polar surface area (TPSA) is 119 Å². The molecule has 0 aliphatic carbocycles. The molecular formula is C22H35N7O4. The van der Waals surface area contributed by atoms with Gasteiger partial charge < -0.3 is 19.4 Å². The van der Waals surface area contributed by atoms with Crippen LogP contribution in [0, 0.1) is 6.92 Å². The summed E-state index contributed by atoms with van der Waals surface area (Å²) in [7, 11) is 0. The number of tetrazole rings is 1. The van der Waals surface area contributed by atoms with Crippen LogP contribution in [-0.2, 0) is 20.9 Å². The second-order valence-electron chi connectivity index (χ2n) is 9.26. The van der Waals surface area contributed by atoms with Gasteiger partial charge >= 0.3 is 0 Å². The van der Waals surface area contributed by atoms with Gasteiger partial charge in [0.15, 0.2) is 5.76 Å². The second-order valence-corrected chi connectivity index (χ2v) is 9.26. The number of rotatable bonds is 9. The van der Waals surface area contributed by atoms with Crippen molar-refractivity contribution in [3.05, 3.63) is 17.9 Å². The van der Waals surface area contributed by atoms with E-state index in [4.69, 9.17) is 9.15 Å². The van der Waals surface area contributed by atoms with E-state index in [2.05, 4.69) is 25.6 Å². The number of ether oxygens (including phenoxy) is 1. The van der Waals surface area contributed by atoms with Crippen LogP contribution in [0.1, 0.15) is 39.9 Å². The zero-order valence-electron chi connectivity index (χ0n) is 20.2. The van der Waals surface area contributed by atoms with Gasteiger partial charge in [-0.15, -0.1) is 10.2 Å². The molecule has 33 heavy (non-hydrogen) atoms. The SMILES string of the molecule is CCC(C(=O)NC(C)(C)C)N(CCN1CCOCC1)C(=O)Cn1nnc(-c2ccc(C)o2)n1. The molecule has 2 aromatic rings. The third kappa shape index (κ3) is 7.10. The fourth-order valence-corrected chi connectivity index (χ4v) is 3.70. The van der Waals surface area contributed by atoms with E-state index in [9.17, 15) is 9.59 Å². The summed E-state index contributed by atoms with van der Waals surface area (Å²) in [6, 6.07) is 2.99. The molecule has 1 atom stereocenters. The lowest BCUT2D eigenvalue weighted by Crippen LogP contribution is -2.56. The fourth-order valence-electron chi connectivity index (χ4n) is 3.70. The van der Waals surface area contributed by atoms with Crippen LogP contribution in [0.25, 0.3) is 11.6 Å². The van der Waals surface area contributed by atoms with Crippen LogP contribution in [0.15, 0.2) is 16.5 Å². The van der Waals surface area contributed by atoms with Crippen LogP contribution in [0.5, 0.6) is 0 Å². The summed E-state index contributed by atoms with van der Waals surface area (Å²) in [6.07, 6.45) is 0.498. The van der Waals surface area contributed by atoms with Gasteiger partial charge in [-0.1, -0.05) is 6.92 Å². The molecule has 0 aromatic carbocycles. The Labute approximate surface area is 194 Å². The van der Waals surface area contributed by atoms with Gasteiger partial charge in [0.25, 0.3) is 0 Å². The molecule has 1 aliphatic heterocycles. The van der Waals surface area contributed by atoms with Gasteiger partial charge in [0.2, 0.25) is 17.6 Å². The van der Waals surface area contributed by atoms with Gasteiger partial charge in [-0.2, -0.15) is 4.80 Å². The third-order valence-corrected chi connectivity index (χ3v) is 5.34. The molecule has 0 saturated carbocycles. The number of hydrogen-bond acceptors (Lipinski definition) is 8. The minimum Gasteiger partial charge on any atom is -0.458 e. The Balaban J connectivity index is 1.74. The standard InChI is InChI=1S/C22H35N7O4/c1-6-17(21(31)23-22(3,4)5)28(10-9-27-11-13-32-14-12-27)19(30)15-29-25-20(24-26-29)18-8-7-16(2)33-18/h7-8,17H,6,9-15H2,1-5H3,(H,23,31). The maximum Gasteiger partial charge on any atom is 0.246 e. The van der Waals surface area contributed by atoms with Crippen LogP contribution >= 0.6 is 0 Å². The highest BCUT2D eigenvalue weighted by Gasteiger charge is 2.31. The van der Waals surface area contributed by atoms with E-state index in [-0.39, 0.29) is 18.4 Å². The van der Waals surface area contributed by atoms with E-state index in [0.29, 0.717) is 44.3 Å². The summed E-state index contributed by atoms with van der Waals surface area (Å²) in [5.74, 6) is 1.14. The molecule has 0 bridgehead atoms. The summed E-state index contributed by atoms with van der Waals surface area (Å²) < 4.78 is 10.9. The van der Waals surface area contributed by atoms with E-state index in [1.54, 1.807) is 11.0 Å². The number of amides is 2. The molecule has 3 rings (SSSR count). The quantitative estimate of drug-likeness (QED) is 0.590. The van der Waals surface area contributed by atoms with E-state index in [1.807, 2.05) is 40.7 Å². The van der Waals surface area contributed by atoms with Gasteiger partial charge in [-0.25, -0.2) is 0 Å². The van der Waals surface area contributed by atoms with Gasteiger partial charge in [-0.05, 0) is 51.5 Å². The van der Waals surface area contributed by atoms with Crippen molar-refractivity contribution in [2.75, 3.05) is 39.4 Å². The normalized spacial score (nSPS) is 15.9. The molecule has 0 radical (unpaired) electrons. The maximum absolute atomic E-state index is 13.4. The highest BCUT2D eigenvalue weighted by molar-refractivity contribution is 5.88. The van der Waals surface area contributed by atoms with E-state index >= 15 is 0 Å². The fraction of sp³-hybridized carbons (Fsp3) is 0.682. The largest absolute Gasteiger partial charge is 0.458 e. The Kier molecular flexibility index (Phi) is 8.20. The molecule has 1 N–H and O–H groups in total. The van der Waals surface area contributed by atoms with E-state index in [0.717, 1.165) is 18.8 Å². The number of aryl methyl sites for hydroxylation is 1. The van der Waals surface area contributed by atoms with Crippen molar-refractivity contribution in [1.29, 1.82) is 0 Å². The first-order valence-electron chi connectivity index (χ1n) is 11.4. The molecule has 1 aliphatic rings. The Morgan fingerprint density at radius 2 is 1.97 bits per heavy atom. The van der Waals surface area contributed by atoms with Crippen molar-refractivity contribution >= 4 is 11.8 Å². The number of hydrogen-bond donors (Lipinski definition) is 1. The minimum absolute atomic E-state index is 0.116. The molecule has 1 unspecified atom stereocenters. The maximum atomic E-state index is 13.4. The first-order chi connectivity index (χ1) is 15.7. The van der Waals surface area contributed by atoms with E-state index in [1.165, 1.54) is 4.80 Å². The summed E-state index contributed by atoms with van der Waals surface area (Å²) in [5, 5.41) is 15.3. The lowest BCUT2D eigenvalue weighted by atomic mass is 10.1. The zero-order valence-corrected chi connectivity index (χ0v) is 20.2. The smallest absolute Gasteiger partial charge is 0.246 e. The Hall–Kier alpha value is -2.79. The molecule has 3 heterocycles. The zero-order chi connectivity index (χ0) is 24.0. The van der Waals surface area contributed by atoms with Crippen molar-refractivity contribution in [3.63, 3.8) is 0 Å². The second kappa shape index (κ2) is 10.9. The molecule has 11 heteroatoms. The molecule has 2 aromatic heterocycles. The first kappa shape index (κ1) is 24.8. The summed E-state index contributed by atoms with van der Waals surface area (Å²) in [6.45, 7) is 13.5. The molecule has 11 nitrogen and oxygen atoms in total. The third-order valence-electron chi connectivity index (χ3n) is 5.34. The number of morpholine rings is 1. The molecule has 2 amide bonds. The van der Waals surface area contributed by atoms with Crippen molar-refractivity contribution in [3.8, 4) is 11.6 Å². The number of nitrogens with zero attached hydrogens (tertiary/aromatic N) is 6. The average molecular weight is 462 g/mol. The van der Waals surface area contributed by atoms with Crippen LogP contribution < -0.4 is 5.32 Å². The highest BCUT2D eigenvalue weighted by Crippen LogP contribution is 2.17. The first-order valence-corrected chi connectivity index (χ1v) is 11.4. The molecule has 0 spiro atoms. The molecular weight excluding hydrogens is 426 g/mol. The van der Waals surface area contributed by atoms with Crippen LogP contribution in [0.4, 0.5) is 0 Å². The molecule has 1 saturated heterocycles. The lowest BCUT2D eigenvalue weighted by molar-refractivity contribution is -0.142. The number of aromatic nitrogens is 4. The highest BCUT2D eigenvalue weighted by atomic mass is 16.5. The van der Waals surface area contributed by atoms with Crippen molar-refractivity contribution in [2.45, 2.75) is 59.2 Å². The number of nitrogens with one attached hydrogen (secondary N) is 1. The van der Waals surface area contributed by atoms with Crippen LogP contribution in [0.3, 0.4) is 0 Å². The average Bonchev–Trinajstić information content (AvgIpc) is 3.39. The summed E-state index contributed by atoms with van der Waals surface area (Å²) in [4.78, 5) is 31.5. The van der Waals surface area contributed by atoms with E-state index < -0.39 is 11.6 Å². The summed E-state index contributed by atoms with van der Waals surface area (Å²) >= 11 is 0. The lowest BCUT2D eigenvalue weighted by Gasteiger charge is -2.35. The Morgan fingerprint density at radius 3 is 2.58 bits per heavy atom. The minimum atomic E-state index is -0.589. The molecule has 182 valence electrons. The van der Waals surface area contributed by atoms with Gasteiger partial charge in [0.1, 0.15) is 18.3 Å². The number of carbonyl (C=O) groups excluding carboxylic acids is 2. The van der Waals surface area contributed by atoms with Gasteiger partial charge in [0, 0.05) is 31.7 Å². The van der Waals surface area contributed by atoms with Crippen molar-refractivity contribution in [1.82, 2.24) is 35.3 Å². The number of furan rings is 1.